The summed E-state index contributed by atoms with van der Waals surface area (Å²) in [7, 11) is 0. The monoisotopic (exact) mass is 307 g/mol. The van der Waals surface area contributed by atoms with Crippen molar-refractivity contribution in [1.82, 2.24) is 10.3 Å². The van der Waals surface area contributed by atoms with Crippen LogP contribution < -0.4 is 11.3 Å². The Hall–Kier alpha value is -0.610. The van der Waals surface area contributed by atoms with E-state index in [-0.39, 0.29) is 11.6 Å². The van der Waals surface area contributed by atoms with Gasteiger partial charge in [-0.15, -0.1) is 0 Å². The lowest BCUT2D eigenvalue weighted by molar-refractivity contribution is 0.0360. The fraction of sp³-hybridized carbons (Fsp3) is 0.647. The van der Waals surface area contributed by atoms with Crippen molar-refractivity contribution < 1.29 is 0 Å². The molecule has 0 amide bonds. The van der Waals surface area contributed by atoms with Gasteiger partial charge in [0.05, 0.1) is 6.04 Å². The second kappa shape index (κ2) is 6.66. The largest absolute Gasteiger partial charge is 0.296 e. The molecule has 1 atom stereocenters. The first-order chi connectivity index (χ1) is 10.3. The number of benzene rings is 1. The molecule has 0 aromatic heterocycles. The number of hydrogen-bond acceptors (Lipinski definition) is 3. The predicted octanol–water partition coefficient (Wildman–Crippen LogP) is 3.64. The molecule has 0 spiro atoms. The zero-order valence-corrected chi connectivity index (χ0v) is 13.4. The summed E-state index contributed by atoms with van der Waals surface area (Å²) in [6.07, 6.45) is 8.99. The minimum absolute atomic E-state index is 0.117. The van der Waals surface area contributed by atoms with E-state index in [4.69, 9.17) is 17.4 Å². The maximum absolute atomic E-state index is 6.46. The number of nitrogens with one attached hydrogen (secondary N) is 1. The molecule has 1 unspecified atom stereocenters. The Bertz CT molecular complexity index is 465. The standard InChI is InChI=1S/C17H26ClN3/c18-15-9-3-2-8-14(15)16(20-19)17(10-4-5-11-17)21-12-6-1-7-13-21/h2-3,8-9,16,20H,1,4-7,10-13,19H2. The molecule has 3 nitrogen and oxygen atoms in total. The maximum Gasteiger partial charge on any atom is 0.0658 e. The Kier molecular flexibility index (Phi) is 4.85. The second-order valence-corrected chi connectivity index (χ2v) is 6.89. The van der Waals surface area contributed by atoms with Crippen LogP contribution in [0.15, 0.2) is 24.3 Å². The molecule has 1 saturated carbocycles. The zero-order valence-electron chi connectivity index (χ0n) is 12.7. The van der Waals surface area contributed by atoms with Crippen LogP contribution in [0.1, 0.15) is 56.6 Å². The summed E-state index contributed by atoms with van der Waals surface area (Å²) in [6, 6.07) is 8.26. The van der Waals surface area contributed by atoms with Crippen molar-refractivity contribution in [2.45, 2.75) is 56.5 Å². The second-order valence-electron chi connectivity index (χ2n) is 6.48. The van der Waals surface area contributed by atoms with Crippen molar-refractivity contribution >= 4 is 11.6 Å². The molecule has 1 aliphatic carbocycles. The topological polar surface area (TPSA) is 41.3 Å². The highest BCUT2D eigenvalue weighted by molar-refractivity contribution is 6.31. The van der Waals surface area contributed by atoms with Crippen molar-refractivity contribution in [2.24, 2.45) is 5.84 Å². The van der Waals surface area contributed by atoms with Gasteiger partial charge < -0.3 is 0 Å². The first kappa shape index (κ1) is 15.3. The fourth-order valence-electron chi connectivity index (χ4n) is 4.36. The third-order valence-electron chi connectivity index (χ3n) is 5.38. The van der Waals surface area contributed by atoms with Crippen LogP contribution in [0.4, 0.5) is 0 Å². The predicted molar refractivity (Wildman–Crippen MR) is 88.1 cm³/mol. The summed E-state index contributed by atoms with van der Waals surface area (Å²) in [5.41, 5.74) is 4.40. The lowest BCUT2D eigenvalue weighted by Crippen LogP contribution is -2.57. The van der Waals surface area contributed by atoms with E-state index in [1.807, 2.05) is 12.1 Å². The molecule has 0 bridgehead atoms. The Morgan fingerprint density at radius 2 is 1.71 bits per heavy atom. The maximum atomic E-state index is 6.46. The van der Waals surface area contributed by atoms with Gasteiger partial charge in [0, 0.05) is 10.6 Å². The highest BCUT2D eigenvalue weighted by atomic mass is 35.5. The lowest BCUT2D eigenvalue weighted by atomic mass is 9.81. The van der Waals surface area contributed by atoms with Crippen molar-refractivity contribution in [3.8, 4) is 0 Å². The number of nitrogens with zero attached hydrogens (tertiary/aromatic N) is 1. The zero-order chi connectivity index (χ0) is 14.7. The Morgan fingerprint density at radius 3 is 2.33 bits per heavy atom. The van der Waals surface area contributed by atoms with Gasteiger partial charge in [0.15, 0.2) is 0 Å². The quantitative estimate of drug-likeness (QED) is 0.659. The minimum Gasteiger partial charge on any atom is -0.296 e. The van der Waals surface area contributed by atoms with Gasteiger partial charge in [-0.1, -0.05) is 49.1 Å². The molecule has 21 heavy (non-hydrogen) atoms. The highest BCUT2D eigenvalue weighted by Crippen LogP contribution is 2.46. The van der Waals surface area contributed by atoms with E-state index in [1.165, 1.54) is 58.0 Å². The Morgan fingerprint density at radius 1 is 1.05 bits per heavy atom. The minimum atomic E-state index is 0.117. The molecular formula is C17H26ClN3. The molecule has 1 aliphatic heterocycles. The van der Waals surface area contributed by atoms with Gasteiger partial charge >= 0.3 is 0 Å². The number of piperidine rings is 1. The Labute approximate surface area is 132 Å². The number of hydrazine groups is 1. The van der Waals surface area contributed by atoms with Crippen molar-refractivity contribution in [2.75, 3.05) is 13.1 Å². The number of rotatable bonds is 4. The smallest absolute Gasteiger partial charge is 0.0658 e. The number of halogens is 1. The van der Waals surface area contributed by atoms with E-state index in [9.17, 15) is 0 Å². The van der Waals surface area contributed by atoms with Crippen molar-refractivity contribution in [3.63, 3.8) is 0 Å². The van der Waals surface area contributed by atoms with Crippen LogP contribution in [0.25, 0.3) is 0 Å². The summed E-state index contributed by atoms with van der Waals surface area (Å²) in [4.78, 5) is 2.69. The van der Waals surface area contributed by atoms with Gasteiger partial charge in [0.25, 0.3) is 0 Å². The lowest BCUT2D eigenvalue weighted by Gasteiger charge is -2.48. The van der Waals surface area contributed by atoms with E-state index in [0.29, 0.717) is 0 Å². The van der Waals surface area contributed by atoms with Crippen LogP contribution >= 0.6 is 11.6 Å². The molecule has 4 heteroatoms. The summed E-state index contributed by atoms with van der Waals surface area (Å²) < 4.78 is 0. The van der Waals surface area contributed by atoms with E-state index in [2.05, 4.69) is 22.5 Å². The highest BCUT2D eigenvalue weighted by Gasteiger charge is 2.46. The third kappa shape index (κ3) is 2.85. The molecule has 2 fully saturated rings. The van der Waals surface area contributed by atoms with Gasteiger partial charge in [-0.3, -0.25) is 16.2 Å². The van der Waals surface area contributed by atoms with E-state index in [1.54, 1.807) is 0 Å². The molecule has 1 heterocycles. The summed E-state index contributed by atoms with van der Waals surface area (Å²) in [6.45, 7) is 2.39. The van der Waals surface area contributed by atoms with E-state index in [0.717, 1.165) is 10.6 Å². The molecule has 0 radical (unpaired) electrons. The van der Waals surface area contributed by atoms with Gasteiger partial charge in [0.1, 0.15) is 0 Å². The van der Waals surface area contributed by atoms with Crippen LogP contribution in [0, 0.1) is 0 Å². The number of likely N-dealkylation sites (tertiary alicyclic amines) is 1. The average molecular weight is 308 g/mol. The molecule has 1 aromatic carbocycles. The average Bonchev–Trinajstić information content (AvgIpc) is 3.01. The van der Waals surface area contributed by atoms with Crippen molar-refractivity contribution in [1.29, 1.82) is 0 Å². The molecule has 116 valence electrons. The SMILES string of the molecule is NNC(c1ccccc1Cl)C1(N2CCCCC2)CCCC1. The molecular weight excluding hydrogens is 282 g/mol. The number of nitrogens with two attached hydrogens (primary N) is 1. The van der Waals surface area contributed by atoms with Gasteiger partial charge in [-0.25, -0.2) is 0 Å². The summed E-state index contributed by atoms with van der Waals surface area (Å²) in [5.74, 6) is 6.01. The van der Waals surface area contributed by atoms with Crippen molar-refractivity contribution in [3.05, 3.63) is 34.9 Å². The molecule has 3 rings (SSSR count). The van der Waals surface area contributed by atoms with Crippen LogP contribution in [-0.2, 0) is 0 Å². The molecule has 2 aliphatic rings. The summed E-state index contributed by atoms with van der Waals surface area (Å²) in [5, 5.41) is 0.823. The van der Waals surface area contributed by atoms with Crippen LogP contribution in [0.5, 0.6) is 0 Å². The van der Waals surface area contributed by atoms with Crippen LogP contribution in [-0.4, -0.2) is 23.5 Å². The normalized spacial score (nSPS) is 24.1. The van der Waals surface area contributed by atoms with Crippen LogP contribution in [0.2, 0.25) is 5.02 Å². The van der Waals surface area contributed by atoms with Crippen LogP contribution in [0.3, 0.4) is 0 Å². The molecule has 1 aromatic rings. The molecule has 1 saturated heterocycles. The number of hydrogen-bond donors (Lipinski definition) is 2. The molecule has 3 N–H and O–H groups in total. The fourth-order valence-corrected chi connectivity index (χ4v) is 4.60. The van der Waals surface area contributed by atoms with Gasteiger partial charge in [-0.2, -0.15) is 0 Å². The third-order valence-corrected chi connectivity index (χ3v) is 5.72. The summed E-state index contributed by atoms with van der Waals surface area (Å²) >= 11 is 6.46. The van der Waals surface area contributed by atoms with E-state index < -0.39 is 0 Å². The first-order valence-electron chi connectivity index (χ1n) is 8.23. The van der Waals surface area contributed by atoms with Gasteiger partial charge in [0.2, 0.25) is 0 Å². The van der Waals surface area contributed by atoms with E-state index >= 15 is 0 Å². The first-order valence-corrected chi connectivity index (χ1v) is 8.61. The Balaban J connectivity index is 1.96. The van der Waals surface area contributed by atoms with Gasteiger partial charge in [-0.05, 0) is 50.4 Å².